The molecule has 3 rings (SSSR count). The molecule has 0 radical (unpaired) electrons. The Kier molecular flexibility index (Phi) is 4.55. The van der Waals surface area contributed by atoms with E-state index in [1.54, 1.807) is 6.08 Å². The molecular formula is C19H19N3O2S. The second-order valence-corrected chi connectivity index (χ2v) is 6.29. The Hall–Kier alpha value is -2.73. The number of carbonyl (C=O) groups excluding carboxylic acids is 2. The van der Waals surface area contributed by atoms with E-state index in [2.05, 4.69) is 5.32 Å². The fourth-order valence-corrected chi connectivity index (χ4v) is 3.10. The highest BCUT2D eigenvalue weighted by Crippen LogP contribution is 2.26. The van der Waals surface area contributed by atoms with Gasteiger partial charge in [-0.2, -0.15) is 0 Å². The first kappa shape index (κ1) is 17.1. The minimum Gasteiger partial charge on any atom is -0.348 e. The van der Waals surface area contributed by atoms with Gasteiger partial charge in [-0.15, -0.1) is 0 Å². The molecule has 0 saturated carbocycles. The van der Waals surface area contributed by atoms with Crippen LogP contribution < -0.4 is 10.2 Å². The van der Waals surface area contributed by atoms with Crippen LogP contribution in [0.1, 0.15) is 23.9 Å². The number of nitrogens with zero attached hydrogens (tertiary/aromatic N) is 2. The second kappa shape index (κ2) is 6.64. The van der Waals surface area contributed by atoms with E-state index in [0.717, 1.165) is 23.4 Å². The number of carbonyl (C=O) groups is 2. The van der Waals surface area contributed by atoms with E-state index in [4.69, 9.17) is 12.2 Å². The van der Waals surface area contributed by atoms with Crippen molar-refractivity contribution >= 4 is 40.9 Å². The number of benzene rings is 1. The fraction of sp³-hybridized carbons (Fsp3) is 0.211. The van der Waals surface area contributed by atoms with Gasteiger partial charge in [0.1, 0.15) is 5.57 Å². The Morgan fingerprint density at radius 1 is 1.16 bits per heavy atom. The van der Waals surface area contributed by atoms with E-state index in [0.29, 0.717) is 5.69 Å². The van der Waals surface area contributed by atoms with Gasteiger partial charge in [0, 0.05) is 18.4 Å². The molecule has 1 aromatic heterocycles. The summed E-state index contributed by atoms with van der Waals surface area (Å²) in [6, 6.07) is 11.4. The quantitative estimate of drug-likeness (QED) is 0.524. The minimum atomic E-state index is -0.473. The van der Waals surface area contributed by atoms with Crippen LogP contribution in [-0.2, 0) is 23.1 Å². The number of amides is 2. The molecule has 25 heavy (non-hydrogen) atoms. The highest BCUT2D eigenvalue weighted by molar-refractivity contribution is 7.80. The first-order valence-electron chi connectivity index (χ1n) is 8.05. The Labute approximate surface area is 151 Å². The Morgan fingerprint density at radius 3 is 2.52 bits per heavy atom. The first-order valence-corrected chi connectivity index (χ1v) is 8.46. The molecule has 1 fully saturated rings. The van der Waals surface area contributed by atoms with Crippen molar-refractivity contribution in [3.05, 3.63) is 58.9 Å². The number of nitrogens with one attached hydrogen (secondary N) is 1. The number of aryl methyl sites for hydroxylation is 2. The summed E-state index contributed by atoms with van der Waals surface area (Å²) >= 11 is 5.26. The number of rotatable bonds is 3. The largest absolute Gasteiger partial charge is 0.348 e. The molecule has 2 heterocycles. The van der Waals surface area contributed by atoms with Crippen molar-refractivity contribution in [2.45, 2.75) is 20.3 Å². The van der Waals surface area contributed by atoms with Crippen LogP contribution in [0.3, 0.4) is 0 Å². The molecule has 1 N–H and O–H groups in total. The van der Waals surface area contributed by atoms with Crippen molar-refractivity contribution in [3.8, 4) is 0 Å². The molecule has 128 valence electrons. The Bertz CT molecular complexity index is 911. The van der Waals surface area contributed by atoms with Gasteiger partial charge in [0.25, 0.3) is 11.8 Å². The molecule has 2 aromatic rings. The molecule has 0 unspecified atom stereocenters. The molecule has 0 spiro atoms. The smallest absolute Gasteiger partial charge is 0.270 e. The number of anilines is 1. The van der Waals surface area contributed by atoms with Crippen molar-refractivity contribution in [1.29, 1.82) is 0 Å². The minimum absolute atomic E-state index is 0.0701. The number of para-hydroxylation sites is 1. The second-order valence-electron chi connectivity index (χ2n) is 5.90. The molecule has 0 bridgehead atoms. The van der Waals surface area contributed by atoms with Gasteiger partial charge in [0.15, 0.2) is 5.11 Å². The van der Waals surface area contributed by atoms with Gasteiger partial charge in [-0.1, -0.05) is 25.1 Å². The maximum absolute atomic E-state index is 13.0. The molecule has 1 aliphatic heterocycles. The monoisotopic (exact) mass is 353 g/mol. The maximum Gasteiger partial charge on any atom is 0.270 e. The molecule has 6 heteroatoms. The van der Waals surface area contributed by atoms with E-state index in [1.165, 1.54) is 4.90 Å². The highest BCUT2D eigenvalue weighted by atomic mass is 32.1. The van der Waals surface area contributed by atoms with Gasteiger partial charge >= 0.3 is 0 Å². The number of hydrogen-bond donors (Lipinski definition) is 1. The van der Waals surface area contributed by atoms with E-state index < -0.39 is 11.8 Å². The third kappa shape index (κ3) is 3.00. The average Bonchev–Trinajstić information content (AvgIpc) is 2.90. The zero-order valence-electron chi connectivity index (χ0n) is 14.4. The van der Waals surface area contributed by atoms with E-state index in [1.807, 2.05) is 61.9 Å². The summed E-state index contributed by atoms with van der Waals surface area (Å²) in [5, 5.41) is 2.73. The lowest BCUT2D eigenvalue weighted by Gasteiger charge is -2.30. The van der Waals surface area contributed by atoms with Crippen LogP contribution in [0.25, 0.3) is 6.08 Å². The molecule has 2 amide bonds. The molecule has 0 atom stereocenters. The summed E-state index contributed by atoms with van der Waals surface area (Å²) < 4.78 is 1.92. The molecule has 5 nitrogen and oxygen atoms in total. The standard InChI is InChI=1S/C19H19N3O2S/c1-4-13-7-5-6-8-16(13)22-18(24)15(17(23)20-19(22)25)11-14-10-9-12(2)21(14)3/h5-11H,4H2,1-3H3,(H,20,23,25)/b15-11+. The van der Waals surface area contributed by atoms with Crippen LogP contribution >= 0.6 is 12.2 Å². The van der Waals surface area contributed by atoms with Gasteiger partial charge < -0.3 is 4.57 Å². The van der Waals surface area contributed by atoms with E-state index in [9.17, 15) is 9.59 Å². The van der Waals surface area contributed by atoms with Crippen molar-refractivity contribution in [3.63, 3.8) is 0 Å². The summed E-state index contributed by atoms with van der Waals surface area (Å²) in [6.07, 6.45) is 2.36. The lowest BCUT2D eigenvalue weighted by atomic mass is 10.1. The molecule has 1 saturated heterocycles. The van der Waals surface area contributed by atoms with Crippen LogP contribution in [0.5, 0.6) is 0 Å². The normalized spacial score (nSPS) is 16.5. The van der Waals surface area contributed by atoms with Crippen molar-refractivity contribution in [2.24, 2.45) is 7.05 Å². The Morgan fingerprint density at radius 2 is 1.88 bits per heavy atom. The fourth-order valence-electron chi connectivity index (χ4n) is 2.83. The van der Waals surface area contributed by atoms with Crippen molar-refractivity contribution in [1.82, 2.24) is 9.88 Å². The predicted octanol–water partition coefficient (Wildman–Crippen LogP) is 2.73. The Balaban J connectivity index is 2.07. The van der Waals surface area contributed by atoms with Crippen molar-refractivity contribution < 1.29 is 9.59 Å². The van der Waals surface area contributed by atoms with Crippen LogP contribution in [0.4, 0.5) is 5.69 Å². The van der Waals surface area contributed by atoms with Crippen LogP contribution in [0.2, 0.25) is 0 Å². The summed E-state index contributed by atoms with van der Waals surface area (Å²) in [7, 11) is 1.89. The van der Waals surface area contributed by atoms with Gasteiger partial charge in [0.05, 0.1) is 5.69 Å². The number of aromatic nitrogens is 1. The van der Waals surface area contributed by atoms with Crippen LogP contribution in [-0.4, -0.2) is 21.5 Å². The summed E-state index contributed by atoms with van der Waals surface area (Å²) in [5.41, 5.74) is 3.59. The summed E-state index contributed by atoms with van der Waals surface area (Å²) in [4.78, 5) is 26.8. The topological polar surface area (TPSA) is 54.3 Å². The van der Waals surface area contributed by atoms with Crippen molar-refractivity contribution in [2.75, 3.05) is 4.90 Å². The van der Waals surface area contributed by atoms with E-state index in [-0.39, 0.29) is 10.7 Å². The van der Waals surface area contributed by atoms with Crippen LogP contribution in [0.15, 0.2) is 42.0 Å². The SMILES string of the molecule is CCc1ccccc1N1C(=O)/C(=C/c2ccc(C)n2C)C(=O)NC1=S. The molecule has 0 aliphatic carbocycles. The maximum atomic E-state index is 13.0. The van der Waals surface area contributed by atoms with E-state index >= 15 is 0 Å². The third-order valence-corrected chi connectivity index (χ3v) is 4.70. The summed E-state index contributed by atoms with van der Waals surface area (Å²) in [6.45, 7) is 3.97. The lowest BCUT2D eigenvalue weighted by Crippen LogP contribution is -2.54. The molecular weight excluding hydrogens is 334 g/mol. The number of thiocarbonyl (C=S) groups is 1. The third-order valence-electron chi connectivity index (χ3n) is 4.42. The number of hydrogen-bond acceptors (Lipinski definition) is 3. The van der Waals surface area contributed by atoms with Gasteiger partial charge in [0.2, 0.25) is 0 Å². The van der Waals surface area contributed by atoms with Gasteiger partial charge in [-0.05, 0) is 55.4 Å². The first-order chi connectivity index (χ1) is 11.9. The van der Waals surface area contributed by atoms with Gasteiger partial charge in [-0.25, -0.2) is 0 Å². The zero-order chi connectivity index (χ0) is 18.1. The zero-order valence-corrected chi connectivity index (χ0v) is 15.2. The highest BCUT2D eigenvalue weighted by Gasteiger charge is 2.35. The predicted molar refractivity (Wildman–Crippen MR) is 102 cm³/mol. The van der Waals surface area contributed by atoms with Crippen LogP contribution in [0, 0.1) is 6.92 Å². The van der Waals surface area contributed by atoms with Gasteiger partial charge in [-0.3, -0.25) is 19.8 Å². The summed E-state index contributed by atoms with van der Waals surface area (Å²) in [5.74, 6) is -0.882. The average molecular weight is 353 g/mol. The molecule has 1 aromatic carbocycles. The lowest BCUT2D eigenvalue weighted by molar-refractivity contribution is -0.122. The molecule has 1 aliphatic rings.